The summed E-state index contributed by atoms with van der Waals surface area (Å²) in [5.74, 6) is 1.03. The van der Waals surface area contributed by atoms with Gasteiger partial charge in [-0.1, -0.05) is 6.07 Å². The highest BCUT2D eigenvalue weighted by atomic mass is 32.2. The molecule has 1 aliphatic heterocycles. The van der Waals surface area contributed by atoms with E-state index < -0.39 is 0 Å². The Labute approximate surface area is 168 Å². The first-order valence-corrected chi connectivity index (χ1v) is 10.7. The first kappa shape index (κ1) is 17.3. The van der Waals surface area contributed by atoms with Crippen molar-refractivity contribution in [1.29, 1.82) is 0 Å². The molecule has 1 atom stereocenters. The van der Waals surface area contributed by atoms with E-state index >= 15 is 0 Å². The Kier molecular flexibility index (Phi) is 4.31. The number of nitrogens with one attached hydrogen (secondary N) is 1. The maximum absolute atomic E-state index is 4.92. The maximum Gasteiger partial charge on any atom is 0.130 e. The van der Waals surface area contributed by atoms with Gasteiger partial charge < -0.3 is 9.88 Å². The molecule has 1 fully saturated rings. The number of aromatic amines is 1. The van der Waals surface area contributed by atoms with Crippen LogP contribution in [0.25, 0.3) is 16.7 Å². The Morgan fingerprint density at radius 1 is 1.07 bits per heavy atom. The van der Waals surface area contributed by atoms with Crippen molar-refractivity contribution in [3.63, 3.8) is 0 Å². The molecule has 0 unspecified atom stereocenters. The lowest BCUT2D eigenvalue weighted by Crippen LogP contribution is -2.25. The van der Waals surface area contributed by atoms with E-state index in [2.05, 4.69) is 69.7 Å². The molecule has 28 heavy (non-hydrogen) atoms. The van der Waals surface area contributed by atoms with Crippen LogP contribution >= 0.6 is 11.8 Å². The second-order valence-corrected chi connectivity index (χ2v) is 8.05. The van der Waals surface area contributed by atoms with Gasteiger partial charge in [0.2, 0.25) is 0 Å². The zero-order valence-corrected chi connectivity index (χ0v) is 16.8. The van der Waals surface area contributed by atoms with Crippen molar-refractivity contribution >= 4 is 28.5 Å². The summed E-state index contributed by atoms with van der Waals surface area (Å²) in [4.78, 5) is 13.9. The number of benzene rings is 2. The van der Waals surface area contributed by atoms with Gasteiger partial charge in [-0.05, 0) is 61.9 Å². The number of fused-ring (bicyclic) bond motifs is 1. The second kappa shape index (κ2) is 6.98. The van der Waals surface area contributed by atoms with Crippen LogP contribution < -0.4 is 4.90 Å². The van der Waals surface area contributed by atoms with E-state index in [4.69, 9.17) is 4.98 Å². The molecule has 0 saturated carbocycles. The van der Waals surface area contributed by atoms with E-state index in [1.807, 2.05) is 0 Å². The van der Waals surface area contributed by atoms with Gasteiger partial charge in [-0.3, -0.25) is 0 Å². The van der Waals surface area contributed by atoms with Crippen molar-refractivity contribution in [1.82, 2.24) is 25.0 Å². The number of H-pyrrole nitrogens is 1. The monoisotopic (exact) mass is 390 g/mol. The average molecular weight is 391 g/mol. The molecule has 0 amide bonds. The number of anilines is 1. The molecule has 4 aromatic rings. The number of thioether (sulfide) groups is 1. The average Bonchev–Trinajstić information content (AvgIpc) is 3.46. The minimum Gasteiger partial charge on any atom is -0.360 e. The van der Waals surface area contributed by atoms with Crippen LogP contribution in [0, 0.1) is 6.92 Å². The number of aromatic nitrogens is 5. The number of aryl methyl sites for hydroxylation is 1. The minimum absolute atomic E-state index is 0.223. The van der Waals surface area contributed by atoms with Gasteiger partial charge in [-0.2, -0.15) is 10.2 Å². The van der Waals surface area contributed by atoms with Crippen molar-refractivity contribution in [2.75, 3.05) is 17.7 Å². The SMILES string of the molecule is CSc1ccc2nc([C@@H]3CCCN3c3cc(C)ccc3-n3nccn3)[nH]c2c1. The summed E-state index contributed by atoms with van der Waals surface area (Å²) >= 11 is 1.75. The first-order chi connectivity index (χ1) is 13.7. The molecular weight excluding hydrogens is 368 g/mol. The molecule has 2 aromatic carbocycles. The predicted octanol–water partition coefficient (Wildman–Crippen LogP) is 4.52. The van der Waals surface area contributed by atoms with E-state index in [0.29, 0.717) is 0 Å². The van der Waals surface area contributed by atoms with Gasteiger partial charge in [0.15, 0.2) is 0 Å². The molecule has 1 saturated heterocycles. The standard InChI is InChI=1S/C21H22N6S/c1-14-5-8-18(27-22-9-10-23-27)20(12-14)26-11-3-4-19(26)21-24-16-7-6-15(28-2)13-17(16)25-21/h5-10,12-13,19H,3-4,11H2,1-2H3,(H,24,25)/t19-/m0/s1. The van der Waals surface area contributed by atoms with E-state index in [9.17, 15) is 0 Å². The molecule has 0 spiro atoms. The number of imidazole rings is 1. The summed E-state index contributed by atoms with van der Waals surface area (Å²) in [6, 6.07) is 13.1. The van der Waals surface area contributed by atoms with Gasteiger partial charge in [-0.15, -0.1) is 16.6 Å². The van der Waals surface area contributed by atoms with E-state index in [-0.39, 0.29) is 6.04 Å². The van der Waals surface area contributed by atoms with Gasteiger partial charge in [0.25, 0.3) is 0 Å². The van der Waals surface area contributed by atoms with Crippen LogP contribution in [0.1, 0.15) is 30.3 Å². The third kappa shape index (κ3) is 2.96. The van der Waals surface area contributed by atoms with Gasteiger partial charge in [0, 0.05) is 11.4 Å². The van der Waals surface area contributed by atoms with Crippen LogP contribution in [-0.4, -0.2) is 37.8 Å². The summed E-state index contributed by atoms with van der Waals surface area (Å²) in [5, 5.41) is 8.71. The quantitative estimate of drug-likeness (QED) is 0.519. The Bertz CT molecular complexity index is 1120. The molecule has 2 aromatic heterocycles. The molecule has 1 aliphatic rings. The molecule has 5 rings (SSSR count). The van der Waals surface area contributed by atoms with Crippen LogP contribution in [-0.2, 0) is 0 Å². The zero-order valence-electron chi connectivity index (χ0n) is 16.0. The molecule has 0 radical (unpaired) electrons. The summed E-state index contributed by atoms with van der Waals surface area (Å²) in [6.45, 7) is 3.12. The van der Waals surface area contributed by atoms with Gasteiger partial charge in [0.1, 0.15) is 11.5 Å². The molecule has 1 N–H and O–H groups in total. The Hall–Kier alpha value is -2.80. The fourth-order valence-corrected chi connectivity index (χ4v) is 4.45. The number of hydrogen-bond donors (Lipinski definition) is 1. The number of hydrogen-bond acceptors (Lipinski definition) is 5. The lowest BCUT2D eigenvalue weighted by Gasteiger charge is -2.27. The molecule has 7 heteroatoms. The van der Waals surface area contributed by atoms with Crippen LogP contribution in [0.2, 0.25) is 0 Å². The van der Waals surface area contributed by atoms with E-state index in [0.717, 1.165) is 47.6 Å². The highest BCUT2D eigenvalue weighted by Gasteiger charge is 2.30. The van der Waals surface area contributed by atoms with Crippen LogP contribution in [0.15, 0.2) is 53.7 Å². The molecular formula is C21H22N6S. The third-order valence-electron chi connectivity index (χ3n) is 5.35. The Morgan fingerprint density at radius 2 is 1.93 bits per heavy atom. The largest absolute Gasteiger partial charge is 0.360 e. The zero-order chi connectivity index (χ0) is 19.1. The number of nitrogens with zero attached hydrogens (tertiary/aromatic N) is 5. The molecule has 3 heterocycles. The topological polar surface area (TPSA) is 62.6 Å². The van der Waals surface area contributed by atoms with Crippen molar-refractivity contribution in [2.45, 2.75) is 30.7 Å². The van der Waals surface area contributed by atoms with Crippen molar-refractivity contribution < 1.29 is 0 Å². The van der Waals surface area contributed by atoms with Crippen LogP contribution in [0.5, 0.6) is 0 Å². The molecule has 0 bridgehead atoms. The molecule has 142 valence electrons. The second-order valence-electron chi connectivity index (χ2n) is 7.17. The van der Waals surface area contributed by atoms with Gasteiger partial charge >= 0.3 is 0 Å². The first-order valence-electron chi connectivity index (χ1n) is 9.50. The Balaban J connectivity index is 1.57. The van der Waals surface area contributed by atoms with E-state index in [1.54, 1.807) is 29.0 Å². The highest BCUT2D eigenvalue weighted by molar-refractivity contribution is 7.98. The lowest BCUT2D eigenvalue weighted by molar-refractivity contribution is 0.670. The fourth-order valence-electron chi connectivity index (χ4n) is 4.01. The smallest absolute Gasteiger partial charge is 0.130 e. The highest BCUT2D eigenvalue weighted by Crippen LogP contribution is 2.38. The third-order valence-corrected chi connectivity index (χ3v) is 6.08. The normalized spacial score (nSPS) is 16.9. The lowest BCUT2D eigenvalue weighted by atomic mass is 10.1. The van der Waals surface area contributed by atoms with Crippen molar-refractivity contribution in [3.8, 4) is 5.69 Å². The van der Waals surface area contributed by atoms with Crippen molar-refractivity contribution in [3.05, 3.63) is 60.2 Å². The maximum atomic E-state index is 4.92. The fraction of sp³-hybridized carbons (Fsp3) is 0.286. The summed E-state index contributed by atoms with van der Waals surface area (Å²) < 4.78 is 0. The predicted molar refractivity (Wildman–Crippen MR) is 113 cm³/mol. The summed E-state index contributed by atoms with van der Waals surface area (Å²) in [5.41, 5.74) is 5.52. The number of rotatable bonds is 4. The van der Waals surface area contributed by atoms with Crippen molar-refractivity contribution in [2.24, 2.45) is 0 Å². The van der Waals surface area contributed by atoms with Gasteiger partial charge in [0.05, 0.1) is 35.2 Å². The molecule has 0 aliphatic carbocycles. The van der Waals surface area contributed by atoms with Crippen LogP contribution in [0.4, 0.5) is 5.69 Å². The van der Waals surface area contributed by atoms with E-state index in [1.165, 1.54) is 10.5 Å². The van der Waals surface area contributed by atoms with Crippen LogP contribution in [0.3, 0.4) is 0 Å². The van der Waals surface area contributed by atoms with Gasteiger partial charge in [-0.25, -0.2) is 4.98 Å². The summed E-state index contributed by atoms with van der Waals surface area (Å²) in [7, 11) is 0. The molecule has 6 nitrogen and oxygen atoms in total. The Morgan fingerprint density at radius 3 is 2.75 bits per heavy atom. The summed E-state index contributed by atoms with van der Waals surface area (Å²) in [6.07, 6.45) is 7.74. The minimum atomic E-state index is 0.223.